The van der Waals surface area contributed by atoms with E-state index in [0.29, 0.717) is 5.92 Å². The Bertz CT molecular complexity index is 293. The van der Waals surface area contributed by atoms with Crippen molar-refractivity contribution < 1.29 is 5.11 Å². The minimum atomic E-state index is 0.274. The number of hydrogen-bond acceptors (Lipinski definition) is 5. The topological polar surface area (TPSA) is 49.2 Å². The van der Waals surface area contributed by atoms with Gasteiger partial charge >= 0.3 is 0 Å². The summed E-state index contributed by atoms with van der Waals surface area (Å²) in [7, 11) is 0. The molecule has 1 aliphatic rings. The highest BCUT2D eigenvalue weighted by molar-refractivity contribution is 9.11. The second kappa shape index (κ2) is 3.89. The number of aliphatic hydroxyl groups is 1. The molecule has 0 saturated carbocycles. The maximum Gasteiger partial charge on any atom is 0.209 e. The maximum atomic E-state index is 8.97. The lowest BCUT2D eigenvalue weighted by atomic mass is 10.1. The first-order chi connectivity index (χ1) is 6.29. The first kappa shape index (κ1) is 9.36. The zero-order valence-electron chi connectivity index (χ0n) is 6.98. The van der Waals surface area contributed by atoms with Crippen LogP contribution in [0.2, 0.25) is 0 Å². The van der Waals surface area contributed by atoms with Gasteiger partial charge in [-0.1, -0.05) is 11.3 Å². The predicted octanol–water partition coefficient (Wildman–Crippen LogP) is 1.12. The second-order valence-corrected chi connectivity index (χ2v) is 5.35. The molecule has 4 nitrogen and oxygen atoms in total. The quantitative estimate of drug-likeness (QED) is 0.869. The first-order valence-electron chi connectivity index (χ1n) is 4.14. The molecule has 1 aromatic heterocycles. The fourth-order valence-corrected chi connectivity index (χ4v) is 2.60. The van der Waals surface area contributed by atoms with E-state index >= 15 is 0 Å². The highest BCUT2D eigenvalue weighted by atomic mass is 79.9. The Morgan fingerprint density at radius 2 is 2.46 bits per heavy atom. The summed E-state index contributed by atoms with van der Waals surface area (Å²) in [6, 6.07) is 0. The van der Waals surface area contributed by atoms with Gasteiger partial charge in [-0.25, -0.2) is 0 Å². The van der Waals surface area contributed by atoms with Crippen molar-refractivity contribution in [2.75, 3.05) is 24.6 Å². The molecule has 72 valence electrons. The van der Waals surface area contributed by atoms with E-state index in [1.807, 2.05) is 0 Å². The van der Waals surface area contributed by atoms with Gasteiger partial charge in [0.05, 0.1) is 0 Å². The summed E-state index contributed by atoms with van der Waals surface area (Å²) in [5.74, 6) is 0.405. The molecule has 2 rings (SSSR count). The SMILES string of the molecule is OCC1CCN(c2nnc(Br)s2)C1. The van der Waals surface area contributed by atoms with Gasteiger partial charge in [-0.3, -0.25) is 0 Å². The summed E-state index contributed by atoms with van der Waals surface area (Å²) in [5, 5.41) is 17.8. The maximum absolute atomic E-state index is 8.97. The zero-order valence-corrected chi connectivity index (χ0v) is 9.38. The largest absolute Gasteiger partial charge is 0.396 e. The summed E-state index contributed by atoms with van der Waals surface area (Å²) in [5.41, 5.74) is 0. The molecular weight excluding hydrogens is 254 g/mol. The van der Waals surface area contributed by atoms with Crippen LogP contribution in [0.3, 0.4) is 0 Å². The lowest BCUT2D eigenvalue weighted by Gasteiger charge is -2.12. The number of rotatable bonds is 2. The molecule has 1 fully saturated rings. The Balaban J connectivity index is 2.03. The molecule has 0 spiro atoms. The normalized spacial score (nSPS) is 22.6. The monoisotopic (exact) mass is 263 g/mol. The minimum absolute atomic E-state index is 0.274. The van der Waals surface area contributed by atoms with Crippen LogP contribution in [0.15, 0.2) is 3.92 Å². The van der Waals surface area contributed by atoms with E-state index in [9.17, 15) is 0 Å². The number of hydrogen-bond donors (Lipinski definition) is 1. The van der Waals surface area contributed by atoms with E-state index in [-0.39, 0.29) is 6.61 Å². The third kappa shape index (κ3) is 2.00. The Morgan fingerprint density at radius 3 is 3.00 bits per heavy atom. The average Bonchev–Trinajstić information content (AvgIpc) is 2.71. The van der Waals surface area contributed by atoms with Gasteiger partial charge in [0, 0.05) is 25.6 Å². The van der Waals surface area contributed by atoms with Crippen LogP contribution in [0.4, 0.5) is 5.13 Å². The summed E-state index contributed by atoms with van der Waals surface area (Å²) in [6.45, 7) is 2.15. The van der Waals surface area contributed by atoms with E-state index in [2.05, 4.69) is 31.0 Å². The molecule has 0 radical (unpaired) electrons. The van der Waals surface area contributed by atoms with Crippen molar-refractivity contribution in [3.8, 4) is 0 Å². The highest BCUT2D eigenvalue weighted by Crippen LogP contribution is 2.28. The van der Waals surface area contributed by atoms with E-state index in [0.717, 1.165) is 28.6 Å². The lowest BCUT2D eigenvalue weighted by Crippen LogP contribution is -2.20. The van der Waals surface area contributed by atoms with Gasteiger partial charge in [-0.15, -0.1) is 10.2 Å². The molecule has 0 aromatic carbocycles. The molecule has 0 aliphatic carbocycles. The molecule has 1 saturated heterocycles. The van der Waals surface area contributed by atoms with E-state index in [1.54, 1.807) is 0 Å². The standard InChI is InChI=1S/C7H10BrN3OS/c8-6-9-10-7(13-6)11-2-1-5(3-11)4-12/h5,12H,1-4H2. The molecule has 1 aliphatic heterocycles. The van der Waals surface area contributed by atoms with Crippen LogP contribution in [0.25, 0.3) is 0 Å². The van der Waals surface area contributed by atoms with Crippen LogP contribution in [-0.2, 0) is 0 Å². The van der Waals surface area contributed by atoms with Crippen LogP contribution < -0.4 is 4.90 Å². The predicted molar refractivity (Wildman–Crippen MR) is 55.0 cm³/mol. The van der Waals surface area contributed by atoms with E-state index < -0.39 is 0 Å². The van der Waals surface area contributed by atoms with Gasteiger partial charge < -0.3 is 10.0 Å². The Hall–Kier alpha value is -0.200. The van der Waals surface area contributed by atoms with Crippen molar-refractivity contribution >= 4 is 32.4 Å². The summed E-state index contributed by atoms with van der Waals surface area (Å²) < 4.78 is 0.815. The van der Waals surface area contributed by atoms with Gasteiger partial charge in [-0.2, -0.15) is 0 Å². The summed E-state index contributed by atoms with van der Waals surface area (Å²) >= 11 is 4.82. The van der Waals surface area contributed by atoms with Gasteiger partial charge in [0.15, 0.2) is 3.92 Å². The van der Waals surface area contributed by atoms with Gasteiger partial charge in [-0.05, 0) is 22.4 Å². The molecule has 1 N–H and O–H groups in total. The number of nitrogens with zero attached hydrogens (tertiary/aromatic N) is 3. The molecule has 1 aromatic rings. The van der Waals surface area contributed by atoms with Crippen molar-refractivity contribution in [3.05, 3.63) is 3.92 Å². The molecule has 13 heavy (non-hydrogen) atoms. The average molecular weight is 264 g/mol. The molecule has 1 unspecified atom stereocenters. The van der Waals surface area contributed by atoms with E-state index in [1.165, 1.54) is 11.3 Å². The fraction of sp³-hybridized carbons (Fsp3) is 0.714. The number of halogens is 1. The fourth-order valence-electron chi connectivity index (χ4n) is 1.48. The van der Waals surface area contributed by atoms with Gasteiger partial charge in [0.2, 0.25) is 5.13 Å². The molecule has 6 heteroatoms. The van der Waals surface area contributed by atoms with Crippen molar-refractivity contribution in [1.29, 1.82) is 0 Å². The van der Waals surface area contributed by atoms with Crippen LogP contribution in [-0.4, -0.2) is 35.0 Å². The minimum Gasteiger partial charge on any atom is -0.396 e. The third-order valence-corrected chi connectivity index (χ3v) is 3.62. The van der Waals surface area contributed by atoms with Gasteiger partial charge in [0.1, 0.15) is 0 Å². The van der Waals surface area contributed by atoms with Crippen molar-refractivity contribution in [2.45, 2.75) is 6.42 Å². The number of aromatic nitrogens is 2. The smallest absolute Gasteiger partial charge is 0.209 e. The van der Waals surface area contributed by atoms with Crippen LogP contribution in [0.5, 0.6) is 0 Å². The zero-order chi connectivity index (χ0) is 9.26. The van der Waals surface area contributed by atoms with Crippen molar-refractivity contribution in [3.63, 3.8) is 0 Å². The highest BCUT2D eigenvalue weighted by Gasteiger charge is 2.24. The summed E-state index contributed by atoms with van der Waals surface area (Å²) in [6.07, 6.45) is 1.05. The van der Waals surface area contributed by atoms with Crippen LogP contribution in [0, 0.1) is 5.92 Å². The third-order valence-electron chi connectivity index (χ3n) is 2.20. The summed E-state index contributed by atoms with van der Waals surface area (Å²) in [4.78, 5) is 2.17. The second-order valence-electron chi connectivity index (χ2n) is 3.12. The Kier molecular flexibility index (Phi) is 2.80. The number of aliphatic hydroxyl groups excluding tert-OH is 1. The molecule has 2 heterocycles. The van der Waals surface area contributed by atoms with Gasteiger partial charge in [0.25, 0.3) is 0 Å². The van der Waals surface area contributed by atoms with Crippen molar-refractivity contribution in [2.24, 2.45) is 5.92 Å². The molecular formula is C7H10BrN3OS. The lowest BCUT2D eigenvalue weighted by molar-refractivity contribution is 0.238. The first-order valence-corrected chi connectivity index (χ1v) is 5.75. The van der Waals surface area contributed by atoms with Crippen LogP contribution in [0.1, 0.15) is 6.42 Å². The Morgan fingerprint density at radius 1 is 1.62 bits per heavy atom. The Labute approximate surface area is 88.7 Å². The molecule has 1 atom stereocenters. The number of anilines is 1. The van der Waals surface area contributed by atoms with E-state index in [4.69, 9.17) is 5.11 Å². The molecule has 0 amide bonds. The molecule has 0 bridgehead atoms. The van der Waals surface area contributed by atoms with Crippen LogP contribution >= 0.6 is 27.3 Å². The van der Waals surface area contributed by atoms with Crippen molar-refractivity contribution in [1.82, 2.24) is 10.2 Å².